The number of hydrogen-bond acceptors (Lipinski definition) is 1. The first-order chi connectivity index (χ1) is 14.4. The van der Waals surface area contributed by atoms with E-state index in [0.29, 0.717) is 6.04 Å². The number of phenols is 1. The molecule has 2 aromatic rings. The van der Waals surface area contributed by atoms with Crippen molar-refractivity contribution in [3.63, 3.8) is 0 Å². The highest BCUT2D eigenvalue weighted by Gasteiger charge is 2.24. The van der Waals surface area contributed by atoms with E-state index in [-0.39, 0.29) is 5.75 Å². The summed E-state index contributed by atoms with van der Waals surface area (Å²) in [6.07, 6.45) is 13.6. The molecule has 0 aliphatic rings. The zero-order valence-corrected chi connectivity index (χ0v) is 21.4. The van der Waals surface area contributed by atoms with Gasteiger partial charge in [-0.25, -0.2) is 0 Å². The summed E-state index contributed by atoms with van der Waals surface area (Å²) in [7, 11) is 0. The maximum absolute atomic E-state index is 9.92. The van der Waals surface area contributed by atoms with Crippen molar-refractivity contribution in [2.75, 3.05) is 0 Å². The summed E-state index contributed by atoms with van der Waals surface area (Å²) in [5.74, 6) is 0.284. The highest BCUT2D eigenvalue weighted by Crippen LogP contribution is 2.31. The molecule has 0 aromatic heterocycles. The smallest absolute Gasteiger partial charge is 0.341 e. The van der Waals surface area contributed by atoms with E-state index in [0.717, 1.165) is 30.4 Å². The fourth-order valence-corrected chi connectivity index (χ4v) is 5.64. The molecule has 0 saturated heterocycles. The number of unbranched alkanes of at least 4 members (excludes halogenated alkanes) is 7. The molecule has 0 heterocycles. The molecule has 0 radical (unpaired) electrons. The van der Waals surface area contributed by atoms with Crippen LogP contribution in [0.15, 0.2) is 42.5 Å². The molecule has 0 unspecified atom stereocenters. The summed E-state index contributed by atoms with van der Waals surface area (Å²) >= 11 is 18.0. The van der Waals surface area contributed by atoms with Crippen molar-refractivity contribution in [1.82, 2.24) is 0 Å². The van der Waals surface area contributed by atoms with Crippen molar-refractivity contribution < 1.29 is 5.11 Å². The van der Waals surface area contributed by atoms with Crippen LogP contribution in [0.25, 0.3) is 11.1 Å². The number of halogens is 3. The molecule has 2 aromatic carbocycles. The number of rotatable bonds is 14. The fraction of sp³-hybridized carbons (Fsp3) is 0.520. The highest BCUT2D eigenvalue weighted by molar-refractivity contribution is 7.64. The van der Waals surface area contributed by atoms with Crippen LogP contribution in [0.2, 0.25) is 6.04 Å². The molecule has 1 nitrogen and oxygen atoms in total. The van der Waals surface area contributed by atoms with Crippen molar-refractivity contribution in [3.05, 3.63) is 53.6 Å². The predicted octanol–water partition coefficient (Wildman–Crippen LogP) is 9.33. The van der Waals surface area contributed by atoms with Crippen LogP contribution in [0, 0.1) is 0 Å². The van der Waals surface area contributed by atoms with Gasteiger partial charge < -0.3 is 5.11 Å². The van der Waals surface area contributed by atoms with E-state index in [1.807, 2.05) is 12.1 Å². The zero-order chi connectivity index (χ0) is 21.8. The molecule has 0 spiro atoms. The molecule has 2 rings (SSSR count). The topological polar surface area (TPSA) is 20.2 Å². The first kappa shape index (κ1) is 25.6. The van der Waals surface area contributed by atoms with Crippen LogP contribution in [0.3, 0.4) is 0 Å². The van der Waals surface area contributed by atoms with Crippen LogP contribution in [0.5, 0.6) is 5.75 Å². The Morgan fingerprint density at radius 2 is 1.37 bits per heavy atom. The Labute approximate surface area is 197 Å². The van der Waals surface area contributed by atoms with Gasteiger partial charge in [0.15, 0.2) is 0 Å². The van der Waals surface area contributed by atoms with Crippen molar-refractivity contribution in [3.8, 4) is 16.9 Å². The lowest BCUT2D eigenvalue weighted by Crippen LogP contribution is -2.08. The monoisotopic (exact) mass is 484 g/mol. The van der Waals surface area contributed by atoms with E-state index >= 15 is 0 Å². The van der Waals surface area contributed by atoms with Crippen LogP contribution in [-0.2, 0) is 12.8 Å². The standard InChI is InChI=1S/C25H35Cl3OSi/c1-2-3-4-5-6-7-8-9-11-21-13-15-22(16-14-21)25-18-17-24(29)20-23(25)12-10-19-30(26,27)28/h13-18,20,29H,2-12,19H2,1H3. The SMILES string of the molecule is CCCCCCCCCCc1ccc(-c2ccc(O)cc2CCC[Si](Cl)(Cl)Cl)cc1. The van der Waals surface area contributed by atoms with Crippen molar-refractivity contribution >= 4 is 39.2 Å². The summed E-state index contributed by atoms with van der Waals surface area (Å²) in [6.45, 7) is 2.27. The normalized spacial score (nSPS) is 11.7. The van der Waals surface area contributed by atoms with E-state index < -0.39 is 6.00 Å². The summed E-state index contributed by atoms with van der Waals surface area (Å²) in [4.78, 5) is 0. The number of aryl methyl sites for hydroxylation is 2. The van der Waals surface area contributed by atoms with Gasteiger partial charge >= 0.3 is 6.00 Å². The molecule has 0 saturated carbocycles. The molecule has 0 fully saturated rings. The average Bonchev–Trinajstić information content (AvgIpc) is 2.70. The minimum Gasteiger partial charge on any atom is -0.508 e. The van der Waals surface area contributed by atoms with Gasteiger partial charge in [-0.1, -0.05) is 82.2 Å². The quantitative estimate of drug-likeness (QED) is 0.160. The second-order valence-corrected chi connectivity index (χ2v) is 17.5. The van der Waals surface area contributed by atoms with Gasteiger partial charge in [0.2, 0.25) is 0 Å². The third-order valence-corrected chi connectivity index (χ3v) is 8.20. The molecule has 0 aliphatic carbocycles. The van der Waals surface area contributed by atoms with Gasteiger partial charge in [0.25, 0.3) is 0 Å². The van der Waals surface area contributed by atoms with E-state index in [4.69, 9.17) is 33.2 Å². The van der Waals surface area contributed by atoms with Gasteiger partial charge in [-0.3, -0.25) is 0 Å². The van der Waals surface area contributed by atoms with Crippen LogP contribution >= 0.6 is 33.2 Å². The molecule has 5 heteroatoms. The van der Waals surface area contributed by atoms with Gasteiger partial charge in [0.05, 0.1) is 0 Å². The molecule has 0 atom stereocenters. The van der Waals surface area contributed by atoms with Crippen LogP contribution in [0.1, 0.15) is 75.8 Å². The molecular weight excluding hydrogens is 451 g/mol. The predicted molar refractivity (Wildman–Crippen MR) is 136 cm³/mol. The Balaban J connectivity index is 1.86. The van der Waals surface area contributed by atoms with Crippen LogP contribution < -0.4 is 0 Å². The fourth-order valence-electron chi connectivity index (χ4n) is 3.86. The van der Waals surface area contributed by atoms with E-state index in [1.165, 1.54) is 62.5 Å². The molecule has 0 aliphatic heterocycles. The number of aromatic hydroxyl groups is 1. The maximum Gasteiger partial charge on any atom is 0.341 e. The number of hydrogen-bond donors (Lipinski definition) is 1. The zero-order valence-electron chi connectivity index (χ0n) is 18.1. The van der Waals surface area contributed by atoms with Crippen molar-refractivity contribution in [2.45, 2.75) is 83.6 Å². The van der Waals surface area contributed by atoms with Gasteiger partial charge in [0, 0.05) is 0 Å². The van der Waals surface area contributed by atoms with Crippen LogP contribution in [-0.4, -0.2) is 11.1 Å². The highest BCUT2D eigenvalue weighted by atomic mass is 35.8. The summed E-state index contributed by atoms with van der Waals surface area (Å²) in [6, 6.07) is 12.5. The molecule has 30 heavy (non-hydrogen) atoms. The summed E-state index contributed by atoms with van der Waals surface area (Å²) in [5, 5.41) is 9.92. The lowest BCUT2D eigenvalue weighted by atomic mass is 9.95. The largest absolute Gasteiger partial charge is 0.508 e. The number of benzene rings is 2. The third kappa shape index (κ3) is 10.1. The van der Waals surface area contributed by atoms with Gasteiger partial charge in [-0.2, -0.15) is 0 Å². The minimum absolute atomic E-state index is 0.284. The van der Waals surface area contributed by atoms with Crippen molar-refractivity contribution in [2.24, 2.45) is 0 Å². The molecule has 1 N–H and O–H groups in total. The van der Waals surface area contributed by atoms with E-state index in [2.05, 4.69) is 31.2 Å². The van der Waals surface area contributed by atoms with Gasteiger partial charge in [0.1, 0.15) is 5.75 Å². The van der Waals surface area contributed by atoms with Gasteiger partial charge in [-0.05, 0) is 66.1 Å². The van der Waals surface area contributed by atoms with E-state index in [1.54, 1.807) is 6.07 Å². The Morgan fingerprint density at radius 1 is 0.733 bits per heavy atom. The summed E-state index contributed by atoms with van der Waals surface area (Å²) < 4.78 is 0. The third-order valence-electron chi connectivity index (χ3n) is 5.58. The lowest BCUT2D eigenvalue weighted by Gasteiger charge is -2.13. The Bertz CT molecular complexity index is 741. The first-order valence-corrected chi connectivity index (χ1v) is 16.6. The Morgan fingerprint density at radius 3 is 2.00 bits per heavy atom. The maximum atomic E-state index is 9.92. The Hall–Kier alpha value is -0.673. The number of phenolic OH excluding ortho intramolecular Hbond substituents is 1. The molecule has 0 bridgehead atoms. The van der Waals surface area contributed by atoms with Crippen molar-refractivity contribution in [1.29, 1.82) is 0 Å². The molecular formula is C25H35Cl3OSi. The molecule has 166 valence electrons. The molecule has 0 amide bonds. The first-order valence-electron chi connectivity index (χ1n) is 11.4. The van der Waals surface area contributed by atoms with Gasteiger partial charge in [-0.15, -0.1) is 33.2 Å². The lowest BCUT2D eigenvalue weighted by molar-refractivity contribution is 0.474. The second-order valence-electron chi connectivity index (χ2n) is 8.23. The summed E-state index contributed by atoms with van der Waals surface area (Å²) in [5.41, 5.74) is 4.83. The van der Waals surface area contributed by atoms with Crippen LogP contribution in [0.4, 0.5) is 0 Å². The average molecular weight is 486 g/mol. The minimum atomic E-state index is -2.60. The van der Waals surface area contributed by atoms with E-state index in [9.17, 15) is 5.11 Å². The second kappa shape index (κ2) is 13.7. The Kier molecular flexibility index (Phi) is 11.7.